The van der Waals surface area contributed by atoms with Gasteiger partial charge in [-0.05, 0) is 25.1 Å². The van der Waals surface area contributed by atoms with Crippen LogP contribution in [0.2, 0.25) is 0 Å². The van der Waals surface area contributed by atoms with Crippen molar-refractivity contribution in [1.82, 2.24) is 9.78 Å². The van der Waals surface area contributed by atoms with Gasteiger partial charge < -0.3 is 5.73 Å². The highest BCUT2D eigenvalue weighted by Gasteiger charge is 2.05. The summed E-state index contributed by atoms with van der Waals surface area (Å²) in [5.74, 6) is 0. The van der Waals surface area contributed by atoms with Gasteiger partial charge in [-0.3, -0.25) is 4.68 Å². The second-order valence-corrected chi connectivity index (χ2v) is 4.44. The zero-order chi connectivity index (χ0) is 11.4. The Morgan fingerprint density at radius 2 is 2.06 bits per heavy atom. The highest BCUT2D eigenvalue weighted by molar-refractivity contribution is 9.10. The van der Waals surface area contributed by atoms with Crippen LogP contribution >= 0.6 is 15.9 Å². The van der Waals surface area contributed by atoms with E-state index in [9.17, 15) is 0 Å². The monoisotopic (exact) mass is 279 g/mol. The van der Waals surface area contributed by atoms with Gasteiger partial charge in [0.15, 0.2) is 0 Å². The molecule has 0 spiro atoms. The van der Waals surface area contributed by atoms with Crippen LogP contribution in [0.1, 0.15) is 6.42 Å². The Morgan fingerprint density at radius 3 is 2.81 bits per heavy atom. The molecular weight excluding hydrogens is 266 g/mol. The molecular formula is C12H14BrN3. The third-order valence-corrected chi connectivity index (χ3v) is 3.07. The fourth-order valence-electron chi connectivity index (χ4n) is 1.55. The van der Waals surface area contributed by atoms with Crippen molar-refractivity contribution in [3.63, 3.8) is 0 Å². The normalized spacial score (nSPS) is 10.6. The van der Waals surface area contributed by atoms with Crippen LogP contribution in [0.5, 0.6) is 0 Å². The lowest BCUT2D eigenvalue weighted by Crippen LogP contribution is -2.06. The molecule has 0 radical (unpaired) electrons. The number of aromatic nitrogens is 2. The molecule has 1 aromatic carbocycles. The molecule has 0 aliphatic heterocycles. The maximum absolute atomic E-state index is 5.47. The molecule has 0 saturated heterocycles. The first-order valence-electron chi connectivity index (χ1n) is 5.29. The molecule has 1 heterocycles. The lowest BCUT2D eigenvalue weighted by Gasteiger charge is -2.01. The van der Waals surface area contributed by atoms with Crippen molar-refractivity contribution in [2.45, 2.75) is 13.0 Å². The second-order valence-electron chi connectivity index (χ2n) is 3.59. The van der Waals surface area contributed by atoms with E-state index in [-0.39, 0.29) is 0 Å². The maximum atomic E-state index is 5.47. The van der Waals surface area contributed by atoms with Gasteiger partial charge in [0.1, 0.15) is 0 Å². The third-order valence-electron chi connectivity index (χ3n) is 2.38. The summed E-state index contributed by atoms with van der Waals surface area (Å²) in [6.45, 7) is 1.57. The smallest absolute Gasteiger partial charge is 0.0934 e. The molecule has 2 aromatic rings. The quantitative estimate of drug-likeness (QED) is 0.935. The van der Waals surface area contributed by atoms with E-state index in [1.807, 2.05) is 35.1 Å². The number of hydrogen-bond acceptors (Lipinski definition) is 2. The molecule has 16 heavy (non-hydrogen) atoms. The Balaban J connectivity index is 2.22. The van der Waals surface area contributed by atoms with E-state index >= 15 is 0 Å². The molecule has 1 aromatic heterocycles. The summed E-state index contributed by atoms with van der Waals surface area (Å²) in [6.07, 6.45) is 2.95. The van der Waals surface area contributed by atoms with Crippen molar-refractivity contribution < 1.29 is 0 Å². The molecule has 0 amide bonds. The topological polar surface area (TPSA) is 43.8 Å². The van der Waals surface area contributed by atoms with Crippen molar-refractivity contribution in [1.29, 1.82) is 0 Å². The molecule has 0 unspecified atom stereocenters. The number of nitrogens with two attached hydrogens (primary N) is 1. The highest BCUT2D eigenvalue weighted by Crippen LogP contribution is 2.26. The molecule has 84 valence electrons. The number of hydrogen-bond donors (Lipinski definition) is 1. The molecule has 2 N–H and O–H groups in total. The number of aryl methyl sites for hydroxylation is 1. The highest BCUT2D eigenvalue weighted by atomic mass is 79.9. The number of halogens is 1. The first-order chi connectivity index (χ1) is 7.81. The fraction of sp³-hybridized carbons (Fsp3) is 0.250. The standard InChI is InChI=1S/C12H14BrN3/c13-11-5-2-1-4-10(11)12-6-9-16(15-12)8-3-7-14/h1-2,4-6,9H,3,7-8,14H2. The fourth-order valence-corrected chi connectivity index (χ4v) is 2.04. The van der Waals surface area contributed by atoms with E-state index in [2.05, 4.69) is 27.1 Å². The summed E-state index contributed by atoms with van der Waals surface area (Å²) in [6, 6.07) is 10.1. The molecule has 3 nitrogen and oxygen atoms in total. The average molecular weight is 280 g/mol. The molecule has 0 fully saturated rings. The van der Waals surface area contributed by atoms with Gasteiger partial charge in [-0.15, -0.1) is 0 Å². The van der Waals surface area contributed by atoms with Gasteiger partial charge in [0.2, 0.25) is 0 Å². The maximum Gasteiger partial charge on any atom is 0.0934 e. The molecule has 0 aliphatic rings. The summed E-state index contributed by atoms with van der Waals surface area (Å²) in [5, 5.41) is 4.51. The Kier molecular flexibility index (Phi) is 3.74. The van der Waals surface area contributed by atoms with Gasteiger partial charge in [0.25, 0.3) is 0 Å². The van der Waals surface area contributed by atoms with Crippen molar-refractivity contribution in [2.75, 3.05) is 6.54 Å². The molecule has 0 atom stereocenters. The van der Waals surface area contributed by atoms with E-state index in [1.165, 1.54) is 0 Å². The summed E-state index contributed by atoms with van der Waals surface area (Å²) in [7, 11) is 0. The first kappa shape index (κ1) is 11.4. The third kappa shape index (κ3) is 2.51. The first-order valence-corrected chi connectivity index (χ1v) is 6.09. The van der Waals surface area contributed by atoms with Crippen LogP contribution < -0.4 is 5.73 Å². The van der Waals surface area contributed by atoms with Crippen LogP contribution in [0.15, 0.2) is 41.0 Å². The van der Waals surface area contributed by atoms with Crippen LogP contribution in [0, 0.1) is 0 Å². The predicted octanol–water partition coefficient (Wildman–Crippen LogP) is 2.66. The van der Waals surface area contributed by atoms with E-state index < -0.39 is 0 Å². The van der Waals surface area contributed by atoms with Crippen LogP contribution in [-0.2, 0) is 6.54 Å². The number of nitrogens with zero attached hydrogens (tertiary/aromatic N) is 2. The Labute approximate surface area is 103 Å². The van der Waals surface area contributed by atoms with Gasteiger partial charge in [-0.2, -0.15) is 5.10 Å². The van der Waals surface area contributed by atoms with Gasteiger partial charge in [0.05, 0.1) is 5.69 Å². The summed E-state index contributed by atoms with van der Waals surface area (Å²) < 4.78 is 3.00. The van der Waals surface area contributed by atoms with Crippen molar-refractivity contribution >= 4 is 15.9 Å². The van der Waals surface area contributed by atoms with Gasteiger partial charge in [0, 0.05) is 22.8 Å². The summed E-state index contributed by atoms with van der Waals surface area (Å²) in [5.41, 5.74) is 7.58. The predicted molar refractivity (Wildman–Crippen MR) is 69.0 cm³/mol. The van der Waals surface area contributed by atoms with Crippen LogP contribution in [0.25, 0.3) is 11.3 Å². The average Bonchev–Trinajstić information content (AvgIpc) is 2.75. The van der Waals surface area contributed by atoms with Gasteiger partial charge >= 0.3 is 0 Å². The zero-order valence-corrected chi connectivity index (χ0v) is 10.5. The van der Waals surface area contributed by atoms with Crippen molar-refractivity contribution in [2.24, 2.45) is 5.73 Å². The molecule has 0 bridgehead atoms. The molecule has 4 heteroatoms. The van der Waals surface area contributed by atoms with E-state index in [0.717, 1.165) is 28.7 Å². The summed E-state index contributed by atoms with van der Waals surface area (Å²) in [4.78, 5) is 0. The van der Waals surface area contributed by atoms with E-state index in [4.69, 9.17) is 5.73 Å². The summed E-state index contributed by atoms with van der Waals surface area (Å²) >= 11 is 3.53. The molecule has 0 aliphatic carbocycles. The SMILES string of the molecule is NCCCn1ccc(-c2ccccc2Br)n1. The van der Waals surface area contributed by atoms with Crippen molar-refractivity contribution in [3.8, 4) is 11.3 Å². The van der Waals surface area contributed by atoms with Crippen LogP contribution in [-0.4, -0.2) is 16.3 Å². The van der Waals surface area contributed by atoms with Crippen LogP contribution in [0.4, 0.5) is 0 Å². The van der Waals surface area contributed by atoms with Gasteiger partial charge in [-0.25, -0.2) is 0 Å². The lowest BCUT2D eigenvalue weighted by atomic mass is 10.2. The molecule has 2 rings (SSSR count). The van der Waals surface area contributed by atoms with Crippen LogP contribution in [0.3, 0.4) is 0 Å². The minimum absolute atomic E-state index is 0.699. The second kappa shape index (κ2) is 5.27. The van der Waals surface area contributed by atoms with E-state index in [1.54, 1.807) is 0 Å². The Morgan fingerprint density at radius 1 is 1.25 bits per heavy atom. The minimum Gasteiger partial charge on any atom is -0.330 e. The lowest BCUT2D eigenvalue weighted by molar-refractivity contribution is 0.586. The van der Waals surface area contributed by atoms with E-state index in [0.29, 0.717) is 6.54 Å². The largest absolute Gasteiger partial charge is 0.330 e. The van der Waals surface area contributed by atoms with Crippen molar-refractivity contribution in [3.05, 3.63) is 41.0 Å². The van der Waals surface area contributed by atoms with Gasteiger partial charge in [-0.1, -0.05) is 34.1 Å². The number of rotatable bonds is 4. The number of benzene rings is 1. The Bertz CT molecular complexity index is 465. The Hall–Kier alpha value is -1.13. The minimum atomic E-state index is 0.699. The zero-order valence-electron chi connectivity index (χ0n) is 8.94. The molecule has 0 saturated carbocycles.